The van der Waals surface area contributed by atoms with Gasteiger partial charge in [0.2, 0.25) is 0 Å². The van der Waals surface area contributed by atoms with Gasteiger partial charge in [-0.3, -0.25) is 0 Å². The van der Waals surface area contributed by atoms with Gasteiger partial charge in [-0.05, 0) is 212 Å². The Balaban J connectivity index is 1.28. The van der Waals surface area contributed by atoms with Crippen molar-refractivity contribution in [3.63, 3.8) is 0 Å². The largest absolute Gasteiger partial charge is 0.0714 e. The van der Waals surface area contributed by atoms with E-state index in [4.69, 9.17) is 0 Å². The average molecular weight is 1170 g/mol. The van der Waals surface area contributed by atoms with Gasteiger partial charge in [-0.15, -0.1) is 0 Å². The van der Waals surface area contributed by atoms with Crippen LogP contribution in [-0.4, -0.2) is 0 Å². The smallest absolute Gasteiger partial charge is 0.0654 e. The SMILES string of the molecule is CCCCCCCCc1c(C)c2cc3c(cc2c2cc4c(cc12)-c1ccc(Br)cc1C4(c1ccc(C(C)(C)C)cc1)c1ccc(C(C)(C)C)cc1)C(c1ccc(C(C)(C)C)cc1)(c1ccc(C(C)(C)C)cc1)c1cc(Br)ccc1-3. The van der Waals surface area contributed by atoms with Gasteiger partial charge in [0, 0.05) is 8.95 Å². The number of hydrogen-bond donors (Lipinski definition) is 0. The molecule has 79 heavy (non-hydrogen) atoms. The summed E-state index contributed by atoms with van der Waals surface area (Å²) in [6.45, 7) is 32.7. The van der Waals surface area contributed by atoms with Crippen molar-refractivity contribution in [2.45, 2.75) is 174 Å². The van der Waals surface area contributed by atoms with Crippen molar-refractivity contribution >= 4 is 53.4 Å². The van der Waals surface area contributed by atoms with Crippen molar-refractivity contribution in [3.05, 3.63) is 245 Å². The van der Waals surface area contributed by atoms with Crippen LogP contribution in [0, 0.1) is 6.92 Å². The van der Waals surface area contributed by atoms with Crippen LogP contribution in [0.25, 0.3) is 43.8 Å². The molecule has 0 spiro atoms. The number of halogens is 2. The zero-order chi connectivity index (χ0) is 56.2. The minimum absolute atomic E-state index is 0.0163. The molecule has 0 saturated carbocycles. The first kappa shape index (κ1) is 55.4. The third kappa shape index (κ3) is 9.32. The van der Waals surface area contributed by atoms with Crippen molar-refractivity contribution in [2.75, 3.05) is 0 Å². The fourth-order valence-corrected chi connectivity index (χ4v) is 14.6. The van der Waals surface area contributed by atoms with Crippen LogP contribution in [0.2, 0.25) is 0 Å². The summed E-state index contributed by atoms with van der Waals surface area (Å²) in [6, 6.07) is 63.5. The second-order valence-electron chi connectivity index (χ2n) is 27.7. The molecule has 2 aliphatic carbocycles. The van der Waals surface area contributed by atoms with Crippen LogP contribution in [0.15, 0.2) is 167 Å². The van der Waals surface area contributed by atoms with Gasteiger partial charge in [-0.25, -0.2) is 0 Å². The van der Waals surface area contributed by atoms with Crippen LogP contribution >= 0.6 is 31.9 Å². The molecule has 0 radical (unpaired) electrons. The maximum absolute atomic E-state index is 4.05. The molecule has 9 aromatic carbocycles. The van der Waals surface area contributed by atoms with E-state index in [1.165, 1.54) is 160 Å². The molecule has 0 saturated heterocycles. The van der Waals surface area contributed by atoms with Crippen LogP contribution in [0.1, 0.15) is 206 Å². The summed E-state index contributed by atoms with van der Waals surface area (Å²) in [6.07, 6.45) is 8.64. The molecule has 11 rings (SSSR count). The highest BCUT2D eigenvalue weighted by Gasteiger charge is 2.49. The van der Waals surface area contributed by atoms with Crippen LogP contribution in [0.4, 0.5) is 0 Å². The predicted octanol–water partition coefficient (Wildman–Crippen LogP) is 22.6. The van der Waals surface area contributed by atoms with E-state index >= 15 is 0 Å². The van der Waals surface area contributed by atoms with Gasteiger partial charge in [0.05, 0.1) is 10.8 Å². The summed E-state index contributed by atoms with van der Waals surface area (Å²) in [5.41, 5.74) is 23.0. The highest BCUT2D eigenvalue weighted by molar-refractivity contribution is 9.10. The maximum Gasteiger partial charge on any atom is 0.0714 e. The van der Waals surface area contributed by atoms with E-state index < -0.39 is 10.8 Å². The molecule has 404 valence electrons. The predicted molar refractivity (Wildman–Crippen MR) is 348 cm³/mol. The second-order valence-corrected chi connectivity index (χ2v) is 29.5. The molecule has 0 amide bonds. The maximum atomic E-state index is 4.05. The third-order valence-electron chi connectivity index (χ3n) is 18.5. The number of fused-ring (bicyclic) bond motifs is 9. The summed E-state index contributed by atoms with van der Waals surface area (Å²) in [5.74, 6) is 0. The molecule has 0 N–H and O–H groups in total. The van der Waals surface area contributed by atoms with Gasteiger partial charge < -0.3 is 0 Å². The number of rotatable bonds is 11. The van der Waals surface area contributed by atoms with Gasteiger partial charge >= 0.3 is 0 Å². The Labute approximate surface area is 491 Å². The van der Waals surface area contributed by atoms with Gasteiger partial charge in [0.1, 0.15) is 0 Å². The minimum Gasteiger partial charge on any atom is -0.0654 e. The molecule has 0 fully saturated rings. The average Bonchev–Trinajstić information content (AvgIpc) is 2.73. The van der Waals surface area contributed by atoms with Crippen LogP contribution < -0.4 is 0 Å². The van der Waals surface area contributed by atoms with Gasteiger partial charge in [-0.2, -0.15) is 0 Å². The number of aryl methyl sites for hydroxylation is 2. The zero-order valence-corrected chi connectivity index (χ0v) is 52.9. The highest BCUT2D eigenvalue weighted by atomic mass is 79.9. The molecule has 2 aliphatic rings. The Kier molecular flexibility index (Phi) is 14.1. The molecule has 0 aromatic heterocycles. The Hall–Kier alpha value is -5.54. The van der Waals surface area contributed by atoms with Gasteiger partial charge in [0.25, 0.3) is 0 Å². The van der Waals surface area contributed by atoms with E-state index in [0.717, 1.165) is 15.4 Å². The van der Waals surface area contributed by atoms with Crippen molar-refractivity contribution in [1.29, 1.82) is 0 Å². The van der Waals surface area contributed by atoms with E-state index in [-0.39, 0.29) is 21.7 Å². The Morgan fingerprint density at radius 2 is 0.646 bits per heavy atom. The monoisotopic (exact) mass is 1160 g/mol. The van der Waals surface area contributed by atoms with Crippen LogP contribution in [0.3, 0.4) is 0 Å². The normalized spacial score (nSPS) is 14.6. The lowest BCUT2D eigenvalue weighted by Crippen LogP contribution is -2.29. The molecule has 0 unspecified atom stereocenters. The van der Waals surface area contributed by atoms with Crippen LogP contribution in [-0.2, 0) is 38.9 Å². The Bertz CT molecular complexity index is 3670. The van der Waals surface area contributed by atoms with Gasteiger partial charge in [-0.1, -0.05) is 263 Å². The van der Waals surface area contributed by atoms with Crippen molar-refractivity contribution in [1.82, 2.24) is 0 Å². The quantitative estimate of drug-likeness (QED) is 0.0894. The lowest BCUT2D eigenvalue weighted by molar-refractivity contribution is 0.588. The lowest BCUT2D eigenvalue weighted by Gasteiger charge is -2.36. The first-order valence-electron chi connectivity index (χ1n) is 29.5. The molecule has 0 atom stereocenters. The van der Waals surface area contributed by atoms with Crippen molar-refractivity contribution < 1.29 is 0 Å². The number of hydrogen-bond acceptors (Lipinski definition) is 0. The summed E-state index contributed by atoms with van der Waals surface area (Å²) < 4.78 is 2.19. The zero-order valence-electron chi connectivity index (χ0n) is 49.7. The lowest BCUT2D eigenvalue weighted by atomic mass is 9.66. The first-order valence-corrected chi connectivity index (χ1v) is 31.1. The molecular weight excluding hydrogens is 1080 g/mol. The fourth-order valence-electron chi connectivity index (χ4n) is 13.9. The fraction of sp³-hybridized carbons (Fsp3) is 0.351. The van der Waals surface area contributed by atoms with Crippen molar-refractivity contribution in [3.8, 4) is 22.3 Å². The van der Waals surface area contributed by atoms with E-state index in [9.17, 15) is 0 Å². The first-order chi connectivity index (χ1) is 37.4. The van der Waals surface area contributed by atoms with E-state index in [0.29, 0.717) is 0 Å². The molecule has 9 aromatic rings. The molecular formula is C77H82Br2. The Morgan fingerprint density at radius 3 is 1.00 bits per heavy atom. The standard InChI is InChI=1S/C77H82Br2/c1-15-16-17-18-19-20-21-59-48(2)62-44-66-60-40-38-57(78)42-68(60)76(53-30-22-49(23-31-53)72(3,4)5,54-32-24-50(25-33-54)73(6,7)8)70(66)46-64(62)65-47-71-67(45-63(59)65)61-41-39-58(79)43-69(61)77(71,55-34-26-51(27-35-55)74(9,10)11)56-36-28-52(29-37-56)75(12,13)14/h22-47H,15-21H2,1-14H3. The van der Waals surface area contributed by atoms with Crippen molar-refractivity contribution in [2.24, 2.45) is 0 Å². The summed E-state index contributed by atoms with van der Waals surface area (Å²) in [7, 11) is 0. The number of benzene rings is 9. The summed E-state index contributed by atoms with van der Waals surface area (Å²) >= 11 is 8.09. The molecule has 0 aliphatic heterocycles. The van der Waals surface area contributed by atoms with Crippen LogP contribution in [0.5, 0.6) is 0 Å². The van der Waals surface area contributed by atoms with E-state index in [1.54, 1.807) is 0 Å². The molecule has 0 heterocycles. The highest BCUT2D eigenvalue weighted by Crippen LogP contribution is 2.61. The topological polar surface area (TPSA) is 0 Å². The molecule has 0 bridgehead atoms. The second kappa shape index (κ2) is 20.2. The third-order valence-corrected chi connectivity index (χ3v) is 19.4. The van der Waals surface area contributed by atoms with Gasteiger partial charge in [0.15, 0.2) is 0 Å². The summed E-state index contributed by atoms with van der Waals surface area (Å²) in [5, 5.41) is 5.41. The number of unbranched alkanes of at least 4 members (excludes halogenated alkanes) is 5. The Morgan fingerprint density at radius 1 is 0.329 bits per heavy atom. The molecule has 0 nitrogen and oxygen atoms in total. The minimum atomic E-state index is -0.598. The van der Waals surface area contributed by atoms with E-state index in [2.05, 4.69) is 287 Å². The van der Waals surface area contributed by atoms with E-state index in [1.807, 2.05) is 0 Å². The summed E-state index contributed by atoms with van der Waals surface area (Å²) in [4.78, 5) is 0. The molecule has 2 heteroatoms.